The van der Waals surface area contributed by atoms with Gasteiger partial charge < -0.3 is 40.2 Å². The Balaban J connectivity index is 1.34. The summed E-state index contributed by atoms with van der Waals surface area (Å²) in [7, 11) is 1.56. The van der Waals surface area contributed by atoms with Gasteiger partial charge in [0.1, 0.15) is 47.0 Å². The first-order chi connectivity index (χ1) is 26.6. The molecule has 1 aromatic carbocycles. The number of carboxylic acids is 1. The van der Waals surface area contributed by atoms with E-state index in [0.717, 1.165) is 31.2 Å². The Bertz CT molecular complexity index is 2040. The number of aryl methyl sites for hydroxylation is 1. The lowest BCUT2D eigenvalue weighted by Gasteiger charge is -2.35. The van der Waals surface area contributed by atoms with E-state index in [4.69, 9.17) is 19.2 Å². The average Bonchev–Trinajstić information content (AvgIpc) is 3.57. The molecule has 6 rings (SSSR count). The Morgan fingerprint density at radius 2 is 1.84 bits per heavy atom. The number of thiazole rings is 1. The Labute approximate surface area is 329 Å². The van der Waals surface area contributed by atoms with Crippen molar-refractivity contribution in [3.8, 4) is 22.9 Å². The second-order valence-electron chi connectivity index (χ2n) is 15.8. The van der Waals surface area contributed by atoms with E-state index in [0.29, 0.717) is 45.3 Å². The van der Waals surface area contributed by atoms with Crippen LogP contribution in [0.3, 0.4) is 0 Å². The molecule has 56 heavy (non-hydrogen) atoms. The highest BCUT2D eigenvalue weighted by atomic mass is 32.1. The van der Waals surface area contributed by atoms with E-state index in [1.165, 1.54) is 22.3 Å². The third-order valence-corrected chi connectivity index (χ3v) is 11.6. The summed E-state index contributed by atoms with van der Waals surface area (Å²) < 4.78 is 17.9. The predicted octanol–water partition coefficient (Wildman–Crippen LogP) is 5.60. The van der Waals surface area contributed by atoms with Gasteiger partial charge in [-0.2, -0.15) is 0 Å². The van der Waals surface area contributed by atoms with E-state index < -0.39 is 58.9 Å². The second kappa shape index (κ2) is 16.1. The number of likely N-dealkylation sites (tertiary alicyclic amines) is 1. The lowest BCUT2D eigenvalue weighted by Crippen LogP contribution is -2.59. The quantitative estimate of drug-likeness (QED) is 0.157. The van der Waals surface area contributed by atoms with Crippen molar-refractivity contribution < 1.29 is 43.3 Å². The summed E-state index contributed by atoms with van der Waals surface area (Å²) in [6, 6.07) is 3.12. The lowest BCUT2D eigenvalue weighted by atomic mass is 9.85. The van der Waals surface area contributed by atoms with E-state index in [9.17, 15) is 29.1 Å². The molecule has 0 bridgehead atoms. The number of carbonyl (C=O) groups is 5. The molecule has 3 fully saturated rings. The van der Waals surface area contributed by atoms with Gasteiger partial charge in [0, 0.05) is 41.2 Å². The number of hydrogen-bond donors (Lipinski definition) is 4. The number of anilines is 1. The molecule has 4 N–H and O–H groups in total. The lowest BCUT2D eigenvalue weighted by molar-refractivity contribution is -0.146. The van der Waals surface area contributed by atoms with Gasteiger partial charge in [-0.05, 0) is 56.6 Å². The molecule has 1 saturated heterocycles. The number of carbonyl (C=O) groups excluding carboxylic acids is 4. The van der Waals surface area contributed by atoms with Gasteiger partial charge in [-0.1, -0.05) is 33.8 Å². The van der Waals surface area contributed by atoms with Crippen LogP contribution >= 0.6 is 11.3 Å². The van der Waals surface area contributed by atoms with E-state index in [1.807, 2.05) is 33.8 Å². The molecule has 5 atom stereocenters. The van der Waals surface area contributed by atoms with Gasteiger partial charge in [0.2, 0.25) is 17.7 Å². The fraction of sp³-hybridized carbons (Fsp3) is 0.525. The largest absolute Gasteiger partial charge is 0.496 e. The zero-order chi connectivity index (χ0) is 40.5. The number of alkyl carbamates (subject to hydrolysis) is 1. The Hall–Kier alpha value is -5.25. The highest BCUT2D eigenvalue weighted by molar-refractivity contribution is 7.14. The zero-order valence-corrected chi connectivity index (χ0v) is 33.4. The summed E-state index contributed by atoms with van der Waals surface area (Å²) in [5.74, 6) is -2.01. The average molecular weight is 791 g/mol. The molecule has 3 aliphatic rings. The van der Waals surface area contributed by atoms with Gasteiger partial charge in [0.25, 0.3) is 0 Å². The van der Waals surface area contributed by atoms with Gasteiger partial charge in [0.05, 0.1) is 24.9 Å². The predicted molar refractivity (Wildman–Crippen MR) is 210 cm³/mol. The number of aliphatic carboxylic acids is 1. The number of nitrogens with one attached hydrogen (secondary N) is 3. The van der Waals surface area contributed by atoms with Crippen molar-refractivity contribution in [2.24, 2.45) is 11.3 Å². The summed E-state index contributed by atoms with van der Waals surface area (Å²) >= 11 is 1.26. The van der Waals surface area contributed by atoms with Crippen LogP contribution in [-0.4, -0.2) is 93.2 Å². The molecule has 300 valence electrons. The van der Waals surface area contributed by atoms with Crippen molar-refractivity contribution in [1.82, 2.24) is 25.5 Å². The standard InChI is InChI=1S/C40H50N6O9S/c1-8-22-18-40(22,36(50)51)45-34(48)28-16-24(19-46(28)35(49)33(39(4,5)6)44-38(52)55-23-12-10-11-13-23)54-30-17-26(27-20-56-37(42-27)43-31(47)9-2)41-32-21(3)29(53-7)15-14-25(30)32/h8,14-15,17,20,22-24,28,33H,1,9-13,16,18-19H2,2-7H3,(H,44,52)(H,45,48)(H,50,51)(H,42,43,47)/t22-,24-,28+,33-,40-/m1/s1. The molecule has 0 radical (unpaired) electrons. The highest BCUT2D eigenvalue weighted by Gasteiger charge is 2.61. The number of hydrogen-bond acceptors (Lipinski definition) is 11. The topological polar surface area (TPSA) is 198 Å². The molecule has 4 amide bonds. The first kappa shape index (κ1) is 40.4. The maximum atomic E-state index is 14.6. The summed E-state index contributed by atoms with van der Waals surface area (Å²) in [6.07, 6.45) is 3.72. The first-order valence-corrected chi connectivity index (χ1v) is 19.8. The van der Waals surface area contributed by atoms with Gasteiger partial charge >= 0.3 is 12.1 Å². The van der Waals surface area contributed by atoms with Crippen LogP contribution in [-0.2, 0) is 23.9 Å². The van der Waals surface area contributed by atoms with E-state index in [-0.39, 0.29) is 31.4 Å². The number of nitrogens with zero attached hydrogens (tertiary/aromatic N) is 3. The van der Waals surface area contributed by atoms with Crippen molar-refractivity contribution >= 4 is 57.2 Å². The number of benzene rings is 1. The molecule has 3 aromatic rings. The SMILES string of the molecule is C=C[C@@H]1C[C@]1(NC(=O)[C@@H]1C[C@@H](Oc2cc(-c3csc(NC(=O)CC)n3)nc3c(C)c(OC)ccc23)CN1C(=O)[C@@H](NC(=O)OC1CCCC1)C(C)(C)C)C(=O)O. The molecule has 2 saturated carbocycles. The summed E-state index contributed by atoms with van der Waals surface area (Å²) in [6.45, 7) is 12.7. The minimum atomic E-state index is -1.53. The zero-order valence-electron chi connectivity index (χ0n) is 32.6. The molecular formula is C40H50N6O9S. The highest BCUT2D eigenvalue weighted by Crippen LogP contribution is 2.45. The van der Waals surface area contributed by atoms with Crippen LogP contribution in [0.1, 0.15) is 78.2 Å². The fourth-order valence-corrected chi connectivity index (χ4v) is 8.20. The molecule has 15 nitrogen and oxygen atoms in total. The number of amides is 4. The minimum Gasteiger partial charge on any atom is -0.496 e. The molecule has 2 aromatic heterocycles. The second-order valence-corrected chi connectivity index (χ2v) is 16.6. The van der Waals surface area contributed by atoms with Crippen LogP contribution in [0, 0.1) is 18.3 Å². The van der Waals surface area contributed by atoms with Crippen LogP contribution in [0.4, 0.5) is 9.93 Å². The fourth-order valence-electron chi connectivity index (χ4n) is 7.48. The monoisotopic (exact) mass is 790 g/mol. The maximum absolute atomic E-state index is 14.6. The number of fused-ring (bicyclic) bond motifs is 1. The van der Waals surface area contributed by atoms with Crippen molar-refractivity contribution in [2.45, 2.75) is 109 Å². The van der Waals surface area contributed by atoms with Crippen LogP contribution in [0.5, 0.6) is 11.5 Å². The Kier molecular flexibility index (Phi) is 11.6. The number of carboxylic acid groups (broad SMARTS) is 1. The molecule has 3 heterocycles. The molecule has 0 unspecified atom stereocenters. The normalized spacial score (nSPS) is 22.6. The van der Waals surface area contributed by atoms with Crippen molar-refractivity contribution in [3.05, 3.63) is 41.8 Å². The molecule has 1 aliphatic heterocycles. The third kappa shape index (κ3) is 8.30. The number of pyridine rings is 1. The first-order valence-electron chi connectivity index (χ1n) is 18.9. The third-order valence-electron chi connectivity index (χ3n) is 10.8. The van der Waals surface area contributed by atoms with Crippen molar-refractivity contribution in [1.29, 1.82) is 0 Å². The van der Waals surface area contributed by atoms with Gasteiger partial charge in [0.15, 0.2) is 5.13 Å². The van der Waals surface area contributed by atoms with Gasteiger partial charge in [-0.25, -0.2) is 19.6 Å². The summed E-state index contributed by atoms with van der Waals surface area (Å²) in [5.41, 5.74) is -0.0453. The number of aromatic nitrogens is 2. The van der Waals surface area contributed by atoms with Crippen LogP contribution in [0.25, 0.3) is 22.3 Å². The summed E-state index contributed by atoms with van der Waals surface area (Å²) in [4.78, 5) is 77.2. The Morgan fingerprint density at radius 3 is 2.46 bits per heavy atom. The molecule has 0 spiro atoms. The summed E-state index contributed by atoms with van der Waals surface area (Å²) in [5, 5.41) is 21.2. The maximum Gasteiger partial charge on any atom is 0.408 e. The van der Waals surface area contributed by atoms with E-state index in [2.05, 4.69) is 27.5 Å². The van der Waals surface area contributed by atoms with Crippen LogP contribution in [0.2, 0.25) is 0 Å². The van der Waals surface area contributed by atoms with Crippen molar-refractivity contribution in [3.63, 3.8) is 0 Å². The molecule has 16 heteroatoms. The van der Waals surface area contributed by atoms with Gasteiger partial charge in [-0.3, -0.25) is 14.4 Å². The minimum absolute atomic E-state index is 0.0214. The van der Waals surface area contributed by atoms with Crippen molar-refractivity contribution in [2.75, 3.05) is 19.0 Å². The number of methoxy groups -OCH3 is 1. The van der Waals surface area contributed by atoms with E-state index >= 15 is 0 Å². The Morgan fingerprint density at radius 1 is 1.11 bits per heavy atom. The number of ether oxygens (including phenoxy) is 3. The smallest absolute Gasteiger partial charge is 0.408 e. The number of rotatable bonds is 13. The molecule has 2 aliphatic carbocycles. The van der Waals surface area contributed by atoms with Gasteiger partial charge in [-0.15, -0.1) is 17.9 Å². The van der Waals surface area contributed by atoms with Crippen LogP contribution < -0.4 is 25.4 Å². The molecular weight excluding hydrogens is 741 g/mol. The van der Waals surface area contributed by atoms with E-state index in [1.54, 1.807) is 31.5 Å². The van der Waals surface area contributed by atoms with Crippen LogP contribution in [0.15, 0.2) is 36.2 Å².